The lowest BCUT2D eigenvalue weighted by Crippen LogP contribution is -2.36. The molecule has 0 aliphatic heterocycles. The molecule has 0 radical (unpaired) electrons. The number of aryl methyl sites for hydroxylation is 1. The number of hydrogen-bond donors (Lipinski definition) is 2. The Labute approximate surface area is 94.3 Å². The number of rotatable bonds is 4. The summed E-state index contributed by atoms with van der Waals surface area (Å²) in [5.74, 6) is -0.616. The van der Waals surface area contributed by atoms with E-state index in [2.05, 4.69) is 5.32 Å². The number of nitrogens with one attached hydrogen (secondary N) is 1. The number of carbonyl (C=O) groups excluding carboxylic acids is 1. The zero-order valence-electron chi connectivity index (χ0n) is 9.46. The van der Waals surface area contributed by atoms with E-state index in [1.54, 1.807) is 6.92 Å². The summed E-state index contributed by atoms with van der Waals surface area (Å²) in [4.78, 5) is 11.7. The van der Waals surface area contributed by atoms with Crippen LogP contribution >= 0.6 is 0 Å². The summed E-state index contributed by atoms with van der Waals surface area (Å²) in [5.41, 5.74) is 0.843. The van der Waals surface area contributed by atoms with E-state index in [1.807, 2.05) is 6.92 Å². The van der Waals surface area contributed by atoms with E-state index in [0.29, 0.717) is 17.5 Å². The lowest BCUT2D eigenvalue weighted by molar-refractivity contribution is 0.0915. The van der Waals surface area contributed by atoms with Crippen molar-refractivity contribution in [3.8, 4) is 0 Å². The van der Waals surface area contributed by atoms with Crippen LogP contribution < -0.4 is 5.32 Å². The van der Waals surface area contributed by atoms with Gasteiger partial charge >= 0.3 is 0 Å². The highest BCUT2D eigenvalue weighted by Crippen LogP contribution is 2.09. The van der Waals surface area contributed by atoms with Crippen molar-refractivity contribution in [1.82, 2.24) is 5.32 Å². The molecule has 88 valence electrons. The number of amides is 1. The normalized spacial score (nSPS) is 12.2. The van der Waals surface area contributed by atoms with Gasteiger partial charge in [0.15, 0.2) is 0 Å². The molecular formula is C12H16FNO2. The molecule has 0 aromatic heterocycles. The molecule has 16 heavy (non-hydrogen) atoms. The van der Waals surface area contributed by atoms with Crippen molar-refractivity contribution in [2.24, 2.45) is 0 Å². The molecule has 0 bridgehead atoms. The second-order valence-corrected chi connectivity index (χ2v) is 3.73. The van der Waals surface area contributed by atoms with E-state index < -0.39 is 0 Å². The molecule has 0 fully saturated rings. The standard InChI is InChI=1S/C12H16FNO2/c1-3-10(7-15)14-12(16)9-4-5-11(13)8(2)6-9/h4-6,10,15H,3,7H2,1-2H3,(H,14,16). The van der Waals surface area contributed by atoms with Crippen molar-refractivity contribution in [3.63, 3.8) is 0 Å². The van der Waals surface area contributed by atoms with Crippen LogP contribution in [-0.4, -0.2) is 23.7 Å². The summed E-state index contributed by atoms with van der Waals surface area (Å²) in [6.07, 6.45) is 0.655. The Kier molecular flexibility index (Phi) is 4.43. The summed E-state index contributed by atoms with van der Waals surface area (Å²) in [6.45, 7) is 3.38. The molecule has 1 amide bonds. The lowest BCUT2D eigenvalue weighted by Gasteiger charge is -2.14. The van der Waals surface area contributed by atoms with Gasteiger partial charge in [-0.05, 0) is 37.1 Å². The van der Waals surface area contributed by atoms with E-state index in [1.165, 1.54) is 18.2 Å². The Morgan fingerprint density at radius 2 is 2.25 bits per heavy atom. The van der Waals surface area contributed by atoms with Crippen LogP contribution in [0.5, 0.6) is 0 Å². The average molecular weight is 225 g/mol. The van der Waals surface area contributed by atoms with Crippen LogP contribution in [-0.2, 0) is 0 Å². The molecule has 1 aromatic carbocycles. The quantitative estimate of drug-likeness (QED) is 0.818. The smallest absolute Gasteiger partial charge is 0.251 e. The maximum atomic E-state index is 13.0. The number of carbonyl (C=O) groups is 1. The summed E-state index contributed by atoms with van der Waals surface area (Å²) in [5, 5.41) is 11.6. The van der Waals surface area contributed by atoms with E-state index in [4.69, 9.17) is 5.11 Å². The fraction of sp³-hybridized carbons (Fsp3) is 0.417. The zero-order chi connectivity index (χ0) is 12.1. The summed E-state index contributed by atoms with van der Waals surface area (Å²) >= 11 is 0. The van der Waals surface area contributed by atoms with Crippen molar-refractivity contribution in [1.29, 1.82) is 0 Å². The molecule has 0 spiro atoms. The van der Waals surface area contributed by atoms with Gasteiger partial charge in [0, 0.05) is 5.56 Å². The average Bonchev–Trinajstić information content (AvgIpc) is 2.29. The molecule has 2 N–H and O–H groups in total. The highest BCUT2D eigenvalue weighted by molar-refractivity contribution is 5.94. The Bertz CT molecular complexity index is 375. The zero-order valence-corrected chi connectivity index (χ0v) is 9.46. The molecule has 3 nitrogen and oxygen atoms in total. The monoisotopic (exact) mass is 225 g/mol. The van der Waals surface area contributed by atoms with Crippen molar-refractivity contribution >= 4 is 5.91 Å². The van der Waals surface area contributed by atoms with Crippen LogP contribution in [0.1, 0.15) is 29.3 Å². The Balaban J connectivity index is 2.76. The van der Waals surface area contributed by atoms with Gasteiger partial charge in [-0.25, -0.2) is 4.39 Å². The third kappa shape index (κ3) is 3.03. The predicted octanol–water partition coefficient (Wildman–Crippen LogP) is 1.63. The minimum atomic E-state index is -0.328. The predicted molar refractivity (Wildman–Crippen MR) is 59.8 cm³/mol. The van der Waals surface area contributed by atoms with Gasteiger partial charge in [0.2, 0.25) is 0 Å². The number of benzene rings is 1. The highest BCUT2D eigenvalue weighted by Gasteiger charge is 2.11. The van der Waals surface area contributed by atoms with Crippen LogP contribution in [0.15, 0.2) is 18.2 Å². The molecular weight excluding hydrogens is 209 g/mol. The maximum absolute atomic E-state index is 13.0. The van der Waals surface area contributed by atoms with E-state index >= 15 is 0 Å². The van der Waals surface area contributed by atoms with Crippen molar-refractivity contribution in [3.05, 3.63) is 35.1 Å². The third-order valence-corrected chi connectivity index (χ3v) is 2.47. The van der Waals surface area contributed by atoms with Gasteiger partial charge < -0.3 is 10.4 Å². The van der Waals surface area contributed by atoms with Crippen molar-refractivity contribution in [2.75, 3.05) is 6.61 Å². The highest BCUT2D eigenvalue weighted by atomic mass is 19.1. The number of hydrogen-bond acceptors (Lipinski definition) is 2. The summed E-state index contributed by atoms with van der Waals surface area (Å²) in [7, 11) is 0. The largest absolute Gasteiger partial charge is 0.394 e. The van der Waals surface area contributed by atoms with E-state index in [0.717, 1.165) is 0 Å². The number of halogens is 1. The van der Waals surface area contributed by atoms with Crippen molar-refractivity contribution in [2.45, 2.75) is 26.3 Å². The molecule has 0 heterocycles. The van der Waals surface area contributed by atoms with Gasteiger partial charge in [0.1, 0.15) is 5.82 Å². The van der Waals surface area contributed by atoms with Crippen LogP contribution in [0.4, 0.5) is 4.39 Å². The molecule has 1 unspecified atom stereocenters. The fourth-order valence-corrected chi connectivity index (χ4v) is 1.33. The van der Waals surface area contributed by atoms with Gasteiger partial charge in [-0.15, -0.1) is 0 Å². The summed E-state index contributed by atoms with van der Waals surface area (Å²) < 4.78 is 13.0. The summed E-state index contributed by atoms with van der Waals surface area (Å²) in [6, 6.07) is 3.94. The van der Waals surface area contributed by atoms with Gasteiger partial charge in [0.05, 0.1) is 12.6 Å². The Morgan fingerprint density at radius 1 is 1.56 bits per heavy atom. The fourth-order valence-electron chi connectivity index (χ4n) is 1.33. The van der Waals surface area contributed by atoms with Gasteiger partial charge in [-0.3, -0.25) is 4.79 Å². The first-order chi connectivity index (χ1) is 7.58. The lowest BCUT2D eigenvalue weighted by atomic mass is 10.1. The minimum absolute atomic E-state index is 0.0948. The second-order valence-electron chi connectivity index (χ2n) is 3.73. The van der Waals surface area contributed by atoms with Crippen LogP contribution in [0.25, 0.3) is 0 Å². The van der Waals surface area contributed by atoms with E-state index in [-0.39, 0.29) is 24.4 Å². The molecule has 0 saturated carbocycles. The SMILES string of the molecule is CCC(CO)NC(=O)c1ccc(F)c(C)c1. The molecule has 1 rings (SSSR count). The molecule has 1 aromatic rings. The van der Waals surface area contributed by atoms with Gasteiger partial charge in [-0.1, -0.05) is 6.92 Å². The van der Waals surface area contributed by atoms with Crippen LogP contribution in [0.3, 0.4) is 0 Å². The molecule has 1 atom stereocenters. The van der Waals surface area contributed by atoms with Gasteiger partial charge in [0.25, 0.3) is 5.91 Å². The minimum Gasteiger partial charge on any atom is -0.394 e. The molecule has 4 heteroatoms. The van der Waals surface area contributed by atoms with Crippen LogP contribution in [0.2, 0.25) is 0 Å². The first-order valence-electron chi connectivity index (χ1n) is 5.26. The topological polar surface area (TPSA) is 49.3 Å². The van der Waals surface area contributed by atoms with Crippen LogP contribution in [0, 0.1) is 12.7 Å². The first kappa shape index (κ1) is 12.6. The van der Waals surface area contributed by atoms with E-state index in [9.17, 15) is 9.18 Å². The molecule has 0 aliphatic carbocycles. The third-order valence-electron chi connectivity index (χ3n) is 2.47. The Morgan fingerprint density at radius 3 is 2.75 bits per heavy atom. The Hall–Kier alpha value is -1.42. The molecule has 0 aliphatic rings. The number of aliphatic hydroxyl groups excluding tert-OH is 1. The number of aliphatic hydroxyl groups is 1. The second kappa shape index (κ2) is 5.61. The molecule has 0 saturated heterocycles. The van der Waals surface area contributed by atoms with Gasteiger partial charge in [-0.2, -0.15) is 0 Å². The maximum Gasteiger partial charge on any atom is 0.251 e. The first-order valence-corrected chi connectivity index (χ1v) is 5.26. The van der Waals surface area contributed by atoms with Crippen molar-refractivity contribution < 1.29 is 14.3 Å².